The molecule has 0 unspecified atom stereocenters. The summed E-state index contributed by atoms with van der Waals surface area (Å²) < 4.78 is 0. The van der Waals surface area contributed by atoms with Gasteiger partial charge in [0.2, 0.25) is 0 Å². The van der Waals surface area contributed by atoms with Gasteiger partial charge in [0.05, 0.1) is 5.57 Å². The summed E-state index contributed by atoms with van der Waals surface area (Å²) in [5, 5.41) is 10.1. The van der Waals surface area contributed by atoms with Crippen LogP contribution in [-0.4, -0.2) is 10.9 Å². The Bertz CT molecular complexity index is 1150. The van der Waals surface area contributed by atoms with Crippen LogP contribution in [0.3, 0.4) is 0 Å². The molecule has 1 N–H and O–H groups in total. The van der Waals surface area contributed by atoms with Gasteiger partial charge in [-0.15, -0.1) is 0 Å². The van der Waals surface area contributed by atoms with Gasteiger partial charge in [-0.3, -0.25) is 4.79 Å². The molecular formula is C30H36O2. The van der Waals surface area contributed by atoms with E-state index in [0.29, 0.717) is 18.4 Å². The lowest BCUT2D eigenvalue weighted by Gasteiger charge is -2.42. The summed E-state index contributed by atoms with van der Waals surface area (Å²) in [6, 6.07) is 13.0. The number of rotatable bonds is 3. The molecule has 0 saturated carbocycles. The molecule has 2 aromatic rings. The Morgan fingerprint density at radius 1 is 0.875 bits per heavy atom. The van der Waals surface area contributed by atoms with Crippen molar-refractivity contribution in [3.05, 3.63) is 81.1 Å². The van der Waals surface area contributed by atoms with Crippen LogP contribution in [-0.2, 0) is 15.6 Å². The van der Waals surface area contributed by atoms with E-state index in [4.69, 9.17) is 0 Å². The third-order valence-electron chi connectivity index (χ3n) is 7.59. The predicted octanol–water partition coefficient (Wildman–Crippen LogP) is 7.82. The molecule has 0 radical (unpaired) electrons. The zero-order valence-electron chi connectivity index (χ0n) is 20.6. The minimum atomic E-state index is 0.0352. The zero-order chi connectivity index (χ0) is 23.4. The maximum absolute atomic E-state index is 12.2. The molecule has 0 spiro atoms. The monoisotopic (exact) mass is 428 g/mol. The maximum atomic E-state index is 12.2. The fourth-order valence-electron chi connectivity index (χ4n) is 5.48. The SMILES string of the molecule is CC(C)=C(c1ccc(C2=C(O)CCC2=O)cc1)c1cc2c(cc1C)C(C)(C)CCC2(C)C. The van der Waals surface area contributed by atoms with E-state index in [2.05, 4.69) is 72.7 Å². The maximum Gasteiger partial charge on any atom is 0.167 e. The number of aliphatic hydroxyl groups excluding tert-OH is 1. The lowest BCUT2D eigenvalue weighted by molar-refractivity contribution is -0.113. The molecule has 0 heterocycles. The van der Waals surface area contributed by atoms with Gasteiger partial charge in [-0.2, -0.15) is 0 Å². The summed E-state index contributed by atoms with van der Waals surface area (Å²) in [5.41, 5.74) is 10.9. The number of Topliss-reactive ketones (excluding diaryl/α,β-unsaturated/α-hetero) is 1. The number of fused-ring (bicyclic) bond motifs is 1. The van der Waals surface area contributed by atoms with Crippen molar-refractivity contribution in [1.29, 1.82) is 0 Å². The van der Waals surface area contributed by atoms with Crippen LogP contribution in [0.1, 0.15) is 101 Å². The summed E-state index contributed by atoms with van der Waals surface area (Å²) in [6.07, 6.45) is 3.27. The minimum Gasteiger partial charge on any atom is -0.512 e. The van der Waals surface area contributed by atoms with Crippen molar-refractivity contribution in [1.82, 2.24) is 0 Å². The first-order valence-corrected chi connectivity index (χ1v) is 11.8. The van der Waals surface area contributed by atoms with Gasteiger partial charge in [0.15, 0.2) is 5.78 Å². The normalized spacial score (nSPS) is 19.2. The first-order chi connectivity index (χ1) is 14.9. The molecule has 0 aliphatic heterocycles. The Labute approximate surface area is 193 Å². The molecular weight excluding hydrogens is 392 g/mol. The highest BCUT2D eigenvalue weighted by Gasteiger charge is 2.37. The van der Waals surface area contributed by atoms with Crippen LogP contribution in [0.15, 0.2) is 47.7 Å². The van der Waals surface area contributed by atoms with E-state index < -0.39 is 0 Å². The summed E-state index contributed by atoms with van der Waals surface area (Å²) in [5.74, 6) is 0.258. The minimum absolute atomic E-state index is 0.0352. The number of carbonyl (C=O) groups excluding carboxylic acids is 1. The number of carbonyl (C=O) groups is 1. The number of hydrogen-bond acceptors (Lipinski definition) is 2. The van der Waals surface area contributed by atoms with E-state index in [1.807, 2.05) is 12.1 Å². The summed E-state index contributed by atoms with van der Waals surface area (Å²) in [7, 11) is 0. The van der Waals surface area contributed by atoms with Crippen LogP contribution in [0.25, 0.3) is 11.1 Å². The van der Waals surface area contributed by atoms with Crippen molar-refractivity contribution in [2.24, 2.45) is 0 Å². The van der Waals surface area contributed by atoms with Gasteiger partial charge in [-0.25, -0.2) is 0 Å². The van der Waals surface area contributed by atoms with Crippen molar-refractivity contribution >= 4 is 16.9 Å². The standard InChI is InChI=1S/C30H36O2/c1-18(2)27(20-8-10-21(11-9-20)28-25(31)12-13-26(28)32)22-17-24-23(16-19(22)3)29(4,5)14-15-30(24,6)7/h8-11,16-17,31H,12-15H2,1-7H3. The van der Waals surface area contributed by atoms with Crippen molar-refractivity contribution in [3.63, 3.8) is 0 Å². The third-order valence-corrected chi connectivity index (χ3v) is 7.59. The van der Waals surface area contributed by atoms with E-state index in [-0.39, 0.29) is 22.4 Å². The average molecular weight is 429 g/mol. The van der Waals surface area contributed by atoms with Gasteiger partial charge in [0.1, 0.15) is 5.76 Å². The van der Waals surface area contributed by atoms with Crippen molar-refractivity contribution in [3.8, 4) is 0 Å². The van der Waals surface area contributed by atoms with E-state index in [9.17, 15) is 9.90 Å². The van der Waals surface area contributed by atoms with Crippen molar-refractivity contribution in [2.45, 2.75) is 85.0 Å². The zero-order valence-corrected chi connectivity index (χ0v) is 20.6. The highest BCUT2D eigenvalue weighted by atomic mass is 16.3. The molecule has 4 rings (SSSR count). The fourth-order valence-corrected chi connectivity index (χ4v) is 5.48. The lowest BCUT2D eigenvalue weighted by atomic mass is 9.62. The Morgan fingerprint density at radius 2 is 1.44 bits per heavy atom. The van der Waals surface area contributed by atoms with Crippen molar-refractivity contribution in [2.75, 3.05) is 0 Å². The molecule has 0 bridgehead atoms. The van der Waals surface area contributed by atoms with Gasteiger partial charge in [-0.05, 0) is 83.4 Å². The summed E-state index contributed by atoms with van der Waals surface area (Å²) in [6.45, 7) is 16.1. The third kappa shape index (κ3) is 3.74. The first-order valence-electron chi connectivity index (χ1n) is 11.8. The number of hydrogen-bond donors (Lipinski definition) is 1. The molecule has 168 valence electrons. The average Bonchev–Trinajstić information content (AvgIpc) is 3.05. The summed E-state index contributed by atoms with van der Waals surface area (Å²) >= 11 is 0. The van der Waals surface area contributed by atoms with Crippen LogP contribution in [0.4, 0.5) is 0 Å². The number of benzene rings is 2. The molecule has 0 amide bonds. The van der Waals surface area contributed by atoms with Gasteiger partial charge >= 0.3 is 0 Å². The molecule has 2 nitrogen and oxygen atoms in total. The molecule has 2 aliphatic rings. The van der Waals surface area contributed by atoms with E-state index >= 15 is 0 Å². The fraction of sp³-hybridized carbons (Fsp3) is 0.433. The van der Waals surface area contributed by atoms with Crippen LogP contribution in [0.2, 0.25) is 0 Å². The second-order valence-corrected chi connectivity index (χ2v) is 11.2. The molecule has 2 aliphatic carbocycles. The second kappa shape index (κ2) is 7.76. The quantitative estimate of drug-likeness (QED) is 0.541. The smallest absolute Gasteiger partial charge is 0.167 e. The van der Waals surface area contributed by atoms with Crippen molar-refractivity contribution < 1.29 is 9.90 Å². The number of aliphatic hydroxyl groups is 1. The highest BCUT2D eigenvalue weighted by molar-refractivity contribution is 6.23. The Balaban J connectivity index is 1.82. The number of ketones is 1. The Hall–Kier alpha value is -2.61. The molecule has 0 atom stereocenters. The first kappa shape index (κ1) is 22.6. The van der Waals surface area contributed by atoms with Gasteiger partial charge in [0, 0.05) is 12.8 Å². The summed E-state index contributed by atoms with van der Waals surface area (Å²) in [4.78, 5) is 12.2. The molecule has 2 aromatic carbocycles. The Morgan fingerprint density at radius 3 is 1.94 bits per heavy atom. The predicted molar refractivity (Wildman–Crippen MR) is 134 cm³/mol. The van der Waals surface area contributed by atoms with E-state index in [0.717, 1.165) is 11.1 Å². The molecule has 0 saturated heterocycles. The molecule has 0 fully saturated rings. The lowest BCUT2D eigenvalue weighted by Crippen LogP contribution is -2.34. The number of allylic oxidation sites excluding steroid dienone is 3. The topological polar surface area (TPSA) is 37.3 Å². The van der Waals surface area contributed by atoms with Crippen LogP contribution in [0, 0.1) is 6.92 Å². The molecule has 2 heteroatoms. The number of aryl methyl sites for hydroxylation is 1. The Kier molecular flexibility index (Phi) is 5.48. The van der Waals surface area contributed by atoms with Gasteiger partial charge < -0.3 is 5.11 Å². The molecule has 32 heavy (non-hydrogen) atoms. The van der Waals surface area contributed by atoms with Crippen LogP contribution < -0.4 is 0 Å². The van der Waals surface area contributed by atoms with E-state index in [1.54, 1.807) is 0 Å². The van der Waals surface area contributed by atoms with Gasteiger partial charge in [0.25, 0.3) is 0 Å². The van der Waals surface area contributed by atoms with Crippen LogP contribution >= 0.6 is 0 Å². The highest BCUT2D eigenvalue weighted by Crippen LogP contribution is 2.47. The largest absolute Gasteiger partial charge is 0.512 e. The van der Waals surface area contributed by atoms with Gasteiger partial charge in [-0.1, -0.05) is 69.7 Å². The van der Waals surface area contributed by atoms with Crippen LogP contribution in [0.5, 0.6) is 0 Å². The van der Waals surface area contributed by atoms with E-state index in [1.165, 1.54) is 46.2 Å². The molecule has 0 aromatic heterocycles. The second-order valence-electron chi connectivity index (χ2n) is 11.2.